The third kappa shape index (κ3) is 3.50. The predicted molar refractivity (Wildman–Crippen MR) is 58.3 cm³/mol. The number of Topliss-reactive ketones (excluding diaryl/α,β-unsaturated/α-hetero) is 1. The lowest BCUT2D eigenvalue weighted by atomic mass is 10.1. The van der Waals surface area contributed by atoms with E-state index in [1.807, 2.05) is 6.26 Å². The number of carbonyl (C=O) groups excluding carboxylic acids is 1. The number of rotatable bonds is 5. The molecule has 1 aromatic rings. The smallest absolute Gasteiger partial charge is 0.162 e. The maximum absolute atomic E-state index is 12.5. The number of hydrogen-bond acceptors (Lipinski definition) is 2. The molecule has 0 fully saturated rings. The van der Waals surface area contributed by atoms with Crippen LogP contribution < -0.4 is 0 Å². The molecule has 76 valence electrons. The highest BCUT2D eigenvalue weighted by Crippen LogP contribution is 2.08. The van der Waals surface area contributed by atoms with Crippen molar-refractivity contribution in [3.8, 4) is 0 Å². The zero-order chi connectivity index (χ0) is 10.4. The monoisotopic (exact) mass is 212 g/mol. The maximum atomic E-state index is 12.5. The van der Waals surface area contributed by atoms with Crippen LogP contribution in [-0.2, 0) is 0 Å². The molecule has 0 aliphatic rings. The Balaban J connectivity index is 2.48. The first kappa shape index (κ1) is 11.2. The van der Waals surface area contributed by atoms with E-state index in [4.69, 9.17) is 0 Å². The van der Waals surface area contributed by atoms with E-state index >= 15 is 0 Å². The summed E-state index contributed by atoms with van der Waals surface area (Å²) in [4.78, 5) is 11.5. The molecule has 0 aliphatic carbocycles. The quantitative estimate of drug-likeness (QED) is 0.551. The summed E-state index contributed by atoms with van der Waals surface area (Å²) in [5.74, 6) is 0.789. The van der Waals surface area contributed by atoms with Gasteiger partial charge in [0.25, 0.3) is 0 Å². The molecule has 0 aromatic heterocycles. The van der Waals surface area contributed by atoms with Gasteiger partial charge < -0.3 is 0 Å². The molecule has 0 amide bonds. The molecule has 1 rings (SSSR count). The second-order valence-electron chi connectivity index (χ2n) is 3.03. The Labute approximate surface area is 87.7 Å². The molecule has 1 nitrogen and oxygen atoms in total. The van der Waals surface area contributed by atoms with Crippen LogP contribution in [0.2, 0.25) is 0 Å². The highest BCUT2D eigenvalue weighted by Gasteiger charge is 2.04. The van der Waals surface area contributed by atoms with E-state index < -0.39 is 0 Å². The molecular weight excluding hydrogens is 199 g/mol. The standard InChI is InChI=1S/C11H13FOS/c1-14-8-2-3-11(13)9-4-6-10(12)7-5-9/h4-7H,2-3,8H2,1H3. The molecule has 0 spiro atoms. The zero-order valence-corrected chi connectivity index (χ0v) is 8.94. The van der Waals surface area contributed by atoms with E-state index in [0.29, 0.717) is 12.0 Å². The highest BCUT2D eigenvalue weighted by atomic mass is 32.2. The van der Waals surface area contributed by atoms with E-state index in [1.165, 1.54) is 24.3 Å². The minimum Gasteiger partial charge on any atom is -0.294 e. The number of hydrogen-bond donors (Lipinski definition) is 0. The van der Waals surface area contributed by atoms with Crippen molar-refractivity contribution >= 4 is 17.5 Å². The number of carbonyl (C=O) groups is 1. The Morgan fingerprint density at radius 1 is 1.36 bits per heavy atom. The fraction of sp³-hybridized carbons (Fsp3) is 0.364. The van der Waals surface area contributed by atoms with Gasteiger partial charge in [0.05, 0.1) is 0 Å². The number of halogens is 1. The first-order valence-electron chi connectivity index (χ1n) is 4.51. The van der Waals surface area contributed by atoms with Crippen LogP contribution in [0.5, 0.6) is 0 Å². The summed E-state index contributed by atoms with van der Waals surface area (Å²) in [6, 6.07) is 5.72. The van der Waals surface area contributed by atoms with Crippen molar-refractivity contribution in [2.45, 2.75) is 12.8 Å². The van der Waals surface area contributed by atoms with Gasteiger partial charge >= 0.3 is 0 Å². The summed E-state index contributed by atoms with van der Waals surface area (Å²) in [7, 11) is 0. The molecule has 0 radical (unpaired) electrons. The van der Waals surface area contributed by atoms with E-state index in [-0.39, 0.29) is 11.6 Å². The number of benzene rings is 1. The van der Waals surface area contributed by atoms with Gasteiger partial charge in [0.2, 0.25) is 0 Å². The summed E-state index contributed by atoms with van der Waals surface area (Å²) < 4.78 is 12.5. The van der Waals surface area contributed by atoms with Gasteiger partial charge in [0, 0.05) is 12.0 Å². The lowest BCUT2D eigenvalue weighted by Crippen LogP contribution is -1.99. The molecule has 0 heterocycles. The Kier molecular flexibility index (Phi) is 4.66. The third-order valence-corrected chi connectivity index (χ3v) is 2.62. The van der Waals surface area contributed by atoms with Gasteiger partial charge in [-0.2, -0.15) is 11.8 Å². The van der Waals surface area contributed by atoms with Crippen LogP contribution in [0, 0.1) is 5.82 Å². The highest BCUT2D eigenvalue weighted by molar-refractivity contribution is 7.98. The molecule has 0 bridgehead atoms. The van der Waals surface area contributed by atoms with Crippen molar-refractivity contribution in [2.24, 2.45) is 0 Å². The Hall–Kier alpha value is -0.830. The predicted octanol–water partition coefficient (Wildman–Crippen LogP) is 3.15. The van der Waals surface area contributed by atoms with Crippen LogP contribution in [0.15, 0.2) is 24.3 Å². The molecule has 0 atom stereocenters. The van der Waals surface area contributed by atoms with E-state index in [9.17, 15) is 9.18 Å². The second-order valence-corrected chi connectivity index (χ2v) is 4.01. The summed E-state index contributed by atoms with van der Waals surface area (Å²) in [5.41, 5.74) is 0.604. The Bertz CT molecular complexity index is 295. The molecule has 1 aromatic carbocycles. The zero-order valence-electron chi connectivity index (χ0n) is 8.13. The van der Waals surface area contributed by atoms with Crippen molar-refractivity contribution in [3.63, 3.8) is 0 Å². The van der Waals surface area contributed by atoms with Gasteiger partial charge in [-0.3, -0.25) is 4.79 Å². The molecule has 0 N–H and O–H groups in total. The summed E-state index contributed by atoms with van der Waals surface area (Å²) in [6.07, 6.45) is 3.45. The SMILES string of the molecule is CSCCCC(=O)c1ccc(F)cc1. The molecular formula is C11H13FOS. The molecule has 0 aliphatic heterocycles. The largest absolute Gasteiger partial charge is 0.294 e. The van der Waals surface area contributed by atoms with Gasteiger partial charge in [0.15, 0.2) is 5.78 Å². The minimum absolute atomic E-state index is 0.0963. The van der Waals surface area contributed by atoms with Crippen molar-refractivity contribution < 1.29 is 9.18 Å². The first-order valence-corrected chi connectivity index (χ1v) is 5.91. The Morgan fingerprint density at radius 2 is 2.00 bits per heavy atom. The molecule has 3 heteroatoms. The first-order chi connectivity index (χ1) is 6.74. The average Bonchev–Trinajstić information content (AvgIpc) is 2.19. The van der Waals surface area contributed by atoms with Gasteiger partial charge in [-0.15, -0.1) is 0 Å². The van der Waals surface area contributed by atoms with E-state index in [1.54, 1.807) is 11.8 Å². The van der Waals surface area contributed by atoms with Gasteiger partial charge in [0.1, 0.15) is 5.82 Å². The fourth-order valence-corrected chi connectivity index (χ4v) is 1.59. The van der Waals surface area contributed by atoms with Crippen molar-refractivity contribution in [3.05, 3.63) is 35.6 Å². The molecule has 0 saturated heterocycles. The number of ketones is 1. The van der Waals surface area contributed by atoms with Crippen molar-refractivity contribution in [1.29, 1.82) is 0 Å². The molecule has 0 saturated carbocycles. The van der Waals surface area contributed by atoms with Gasteiger partial charge in [-0.1, -0.05) is 0 Å². The lowest BCUT2D eigenvalue weighted by molar-refractivity contribution is 0.0982. The van der Waals surface area contributed by atoms with Gasteiger partial charge in [-0.05, 0) is 42.7 Å². The molecule has 0 unspecified atom stereocenters. The van der Waals surface area contributed by atoms with Gasteiger partial charge in [-0.25, -0.2) is 4.39 Å². The summed E-state index contributed by atoms with van der Waals surface area (Å²) in [6.45, 7) is 0. The summed E-state index contributed by atoms with van der Waals surface area (Å²) >= 11 is 1.73. The summed E-state index contributed by atoms with van der Waals surface area (Å²) in [5, 5.41) is 0. The normalized spacial score (nSPS) is 10.1. The second kappa shape index (κ2) is 5.81. The fourth-order valence-electron chi connectivity index (χ4n) is 1.16. The lowest BCUT2D eigenvalue weighted by Gasteiger charge is -1.99. The van der Waals surface area contributed by atoms with Crippen LogP contribution in [0.25, 0.3) is 0 Å². The van der Waals surface area contributed by atoms with Crippen LogP contribution in [-0.4, -0.2) is 17.8 Å². The van der Waals surface area contributed by atoms with Crippen LogP contribution in [0.1, 0.15) is 23.2 Å². The topological polar surface area (TPSA) is 17.1 Å². The van der Waals surface area contributed by atoms with Crippen molar-refractivity contribution in [2.75, 3.05) is 12.0 Å². The molecule has 14 heavy (non-hydrogen) atoms. The third-order valence-electron chi connectivity index (χ3n) is 1.92. The minimum atomic E-state index is -0.300. The maximum Gasteiger partial charge on any atom is 0.162 e. The van der Waals surface area contributed by atoms with Crippen LogP contribution >= 0.6 is 11.8 Å². The average molecular weight is 212 g/mol. The Morgan fingerprint density at radius 3 is 2.57 bits per heavy atom. The number of thioether (sulfide) groups is 1. The van der Waals surface area contributed by atoms with Crippen LogP contribution in [0.4, 0.5) is 4.39 Å². The van der Waals surface area contributed by atoms with E-state index in [0.717, 1.165) is 12.2 Å². The van der Waals surface area contributed by atoms with E-state index in [2.05, 4.69) is 0 Å². The van der Waals surface area contributed by atoms with Crippen LogP contribution in [0.3, 0.4) is 0 Å². The van der Waals surface area contributed by atoms with Crippen molar-refractivity contribution in [1.82, 2.24) is 0 Å².